The summed E-state index contributed by atoms with van der Waals surface area (Å²) in [4.78, 5) is 11.1. The van der Waals surface area contributed by atoms with Gasteiger partial charge in [0.2, 0.25) is 5.83 Å². The first-order valence-electron chi connectivity index (χ1n) is 6.31. The third-order valence-electron chi connectivity index (χ3n) is 3.31. The lowest BCUT2D eigenvalue weighted by molar-refractivity contribution is -0.137. The summed E-state index contributed by atoms with van der Waals surface area (Å²) in [7, 11) is 1.17. The summed E-state index contributed by atoms with van der Waals surface area (Å²) >= 11 is 0. The molecule has 4 heteroatoms. The van der Waals surface area contributed by atoms with Crippen LogP contribution in [0.1, 0.15) is 25.3 Å². The molecule has 3 nitrogen and oxygen atoms in total. The minimum absolute atomic E-state index is 0.358. The largest absolute Gasteiger partial charge is 0.494 e. The third kappa shape index (κ3) is 2.95. The van der Waals surface area contributed by atoms with Crippen LogP contribution in [0.2, 0.25) is 0 Å². The number of allylic oxidation sites excluding steroid dienone is 1. The Kier molecular flexibility index (Phi) is 3.88. The Bertz CT molecular complexity index is 487. The fourth-order valence-corrected chi connectivity index (χ4v) is 2.10. The van der Waals surface area contributed by atoms with Gasteiger partial charge in [-0.15, -0.1) is 0 Å². The summed E-state index contributed by atoms with van der Waals surface area (Å²) in [6.45, 7) is 2.53. The van der Waals surface area contributed by atoms with Crippen molar-refractivity contribution in [3.63, 3.8) is 0 Å². The molecule has 1 aromatic rings. The van der Waals surface area contributed by atoms with E-state index in [0.29, 0.717) is 6.61 Å². The Balaban J connectivity index is 2.18. The molecule has 0 radical (unpaired) electrons. The van der Waals surface area contributed by atoms with Gasteiger partial charge in [0, 0.05) is 5.41 Å². The molecule has 102 valence electrons. The molecule has 0 atom stereocenters. The van der Waals surface area contributed by atoms with E-state index in [4.69, 9.17) is 4.74 Å². The highest BCUT2D eigenvalue weighted by Gasteiger charge is 2.43. The van der Waals surface area contributed by atoms with Crippen molar-refractivity contribution in [1.29, 1.82) is 0 Å². The van der Waals surface area contributed by atoms with Crippen LogP contribution < -0.4 is 4.74 Å². The van der Waals surface area contributed by atoms with Crippen LogP contribution in [0, 0.1) is 0 Å². The van der Waals surface area contributed by atoms with Gasteiger partial charge in [-0.3, -0.25) is 0 Å². The van der Waals surface area contributed by atoms with Gasteiger partial charge in [-0.05, 0) is 43.5 Å². The molecular formula is C15H17FO3. The van der Waals surface area contributed by atoms with Crippen LogP contribution >= 0.6 is 0 Å². The average molecular weight is 264 g/mol. The van der Waals surface area contributed by atoms with Gasteiger partial charge in [-0.1, -0.05) is 12.1 Å². The molecule has 0 heterocycles. The van der Waals surface area contributed by atoms with Crippen molar-refractivity contribution in [3.8, 4) is 5.75 Å². The summed E-state index contributed by atoms with van der Waals surface area (Å²) < 4.78 is 23.3. The maximum absolute atomic E-state index is 13.6. The normalized spacial score (nSPS) is 16.9. The zero-order valence-electron chi connectivity index (χ0n) is 11.1. The van der Waals surface area contributed by atoms with Crippen molar-refractivity contribution in [1.82, 2.24) is 0 Å². The number of carbonyl (C=O) groups excluding carboxylic acids is 1. The van der Waals surface area contributed by atoms with Crippen molar-refractivity contribution in [3.05, 3.63) is 41.7 Å². The zero-order chi connectivity index (χ0) is 13.9. The maximum Gasteiger partial charge on any atom is 0.366 e. The molecule has 0 aromatic heterocycles. The van der Waals surface area contributed by atoms with E-state index >= 15 is 0 Å². The number of ether oxygens (including phenoxy) is 2. The highest BCUT2D eigenvalue weighted by Crippen LogP contribution is 2.50. The lowest BCUT2D eigenvalue weighted by atomic mass is 9.95. The zero-order valence-corrected chi connectivity index (χ0v) is 11.1. The van der Waals surface area contributed by atoms with Crippen molar-refractivity contribution in [2.45, 2.75) is 25.2 Å². The summed E-state index contributed by atoms with van der Waals surface area (Å²) in [6.07, 6.45) is 3.05. The Morgan fingerprint density at radius 2 is 2.00 bits per heavy atom. The highest BCUT2D eigenvalue weighted by atomic mass is 19.1. The number of carbonyl (C=O) groups is 1. The molecule has 1 aliphatic rings. The Morgan fingerprint density at radius 1 is 1.37 bits per heavy atom. The Hall–Kier alpha value is -1.84. The van der Waals surface area contributed by atoms with Gasteiger partial charge in [-0.2, -0.15) is 4.39 Å². The Morgan fingerprint density at radius 3 is 2.47 bits per heavy atom. The lowest BCUT2D eigenvalue weighted by Crippen LogP contribution is -2.08. The number of benzene rings is 1. The minimum atomic E-state index is -0.919. The molecule has 0 spiro atoms. The molecule has 1 saturated carbocycles. The quantitative estimate of drug-likeness (QED) is 0.605. The van der Waals surface area contributed by atoms with Gasteiger partial charge in [0.25, 0.3) is 0 Å². The van der Waals surface area contributed by atoms with Gasteiger partial charge in [-0.25, -0.2) is 4.79 Å². The molecular weight excluding hydrogens is 247 g/mol. The summed E-state index contributed by atoms with van der Waals surface area (Å²) in [5.74, 6) is -0.953. The summed E-state index contributed by atoms with van der Waals surface area (Å²) in [5, 5.41) is 0. The first kappa shape index (κ1) is 13.6. The minimum Gasteiger partial charge on any atom is -0.494 e. The smallest absolute Gasteiger partial charge is 0.366 e. The first-order valence-corrected chi connectivity index (χ1v) is 6.31. The molecule has 0 N–H and O–H groups in total. The van der Waals surface area contributed by atoms with Crippen molar-refractivity contribution < 1.29 is 18.7 Å². The molecule has 0 bridgehead atoms. The molecule has 1 aliphatic carbocycles. The number of halogens is 1. The SMILES string of the molecule is CCOc1ccc(C2(/C=C(\F)C(=O)OC)CC2)cc1. The van der Waals surface area contributed by atoms with Crippen LogP contribution in [0.3, 0.4) is 0 Å². The van der Waals surface area contributed by atoms with Crippen molar-refractivity contribution in [2.24, 2.45) is 0 Å². The van der Waals surface area contributed by atoms with Gasteiger partial charge < -0.3 is 9.47 Å². The van der Waals surface area contributed by atoms with Gasteiger partial charge in [0.15, 0.2) is 0 Å². The molecule has 1 fully saturated rings. The molecule has 19 heavy (non-hydrogen) atoms. The molecule has 1 aromatic carbocycles. The highest BCUT2D eigenvalue weighted by molar-refractivity contribution is 5.86. The number of hydrogen-bond acceptors (Lipinski definition) is 3. The number of hydrogen-bond donors (Lipinski definition) is 0. The molecule has 2 rings (SSSR count). The fraction of sp³-hybridized carbons (Fsp3) is 0.400. The van der Waals surface area contributed by atoms with Crippen LogP contribution in [-0.2, 0) is 14.9 Å². The van der Waals surface area contributed by atoms with Crippen LogP contribution in [0.4, 0.5) is 4.39 Å². The second-order valence-electron chi connectivity index (χ2n) is 4.60. The van der Waals surface area contributed by atoms with Crippen molar-refractivity contribution in [2.75, 3.05) is 13.7 Å². The van der Waals surface area contributed by atoms with Crippen LogP contribution in [0.25, 0.3) is 0 Å². The topological polar surface area (TPSA) is 35.5 Å². The fourth-order valence-electron chi connectivity index (χ4n) is 2.10. The number of methoxy groups -OCH3 is 1. The van der Waals surface area contributed by atoms with Crippen molar-refractivity contribution >= 4 is 5.97 Å². The Labute approximate surface area is 112 Å². The molecule has 0 amide bonds. The number of esters is 1. The predicted octanol–water partition coefficient (Wildman–Crippen LogP) is 3.14. The van der Waals surface area contributed by atoms with E-state index in [2.05, 4.69) is 4.74 Å². The van der Waals surface area contributed by atoms with Crippen LogP contribution in [-0.4, -0.2) is 19.7 Å². The second-order valence-corrected chi connectivity index (χ2v) is 4.60. The summed E-state index contributed by atoms with van der Waals surface area (Å²) in [6, 6.07) is 7.56. The lowest BCUT2D eigenvalue weighted by Gasteiger charge is -2.12. The van der Waals surface area contributed by atoms with Gasteiger partial charge >= 0.3 is 5.97 Å². The van der Waals surface area contributed by atoms with E-state index in [1.807, 2.05) is 31.2 Å². The van der Waals surface area contributed by atoms with E-state index in [0.717, 1.165) is 24.2 Å². The van der Waals surface area contributed by atoms with E-state index in [-0.39, 0.29) is 5.41 Å². The van der Waals surface area contributed by atoms with E-state index < -0.39 is 11.8 Å². The second kappa shape index (κ2) is 5.43. The number of rotatable bonds is 5. The average Bonchev–Trinajstić information content (AvgIpc) is 3.19. The molecule has 0 unspecified atom stereocenters. The van der Waals surface area contributed by atoms with E-state index in [1.54, 1.807) is 0 Å². The third-order valence-corrected chi connectivity index (χ3v) is 3.31. The monoisotopic (exact) mass is 264 g/mol. The predicted molar refractivity (Wildman–Crippen MR) is 69.7 cm³/mol. The van der Waals surface area contributed by atoms with Crippen LogP contribution in [0.15, 0.2) is 36.2 Å². The van der Waals surface area contributed by atoms with Crippen LogP contribution in [0.5, 0.6) is 5.75 Å². The standard InChI is InChI=1S/C15H17FO3/c1-3-19-12-6-4-11(5-7-12)15(8-9-15)10-13(16)14(17)18-2/h4-7,10H,3,8-9H2,1-2H3/b13-10-. The first-order chi connectivity index (χ1) is 9.11. The molecule has 0 saturated heterocycles. The summed E-state index contributed by atoms with van der Waals surface area (Å²) in [5.41, 5.74) is 0.637. The maximum atomic E-state index is 13.6. The van der Waals surface area contributed by atoms with Gasteiger partial charge in [0.1, 0.15) is 5.75 Å². The van der Waals surface area contributed by atoms with Gasteiger partial charge in [0.05, 0.1) is 13.7 Å². The van der Waals surface area contributed by atoms with E-state index in [9.17, 15) is 9.18 Å². The molecule has 0 aliphatic heterocycles. The van der Waals surface area contributed by atoms with E-state index in [1.165, 1.54) is 13.2 Å².